The predicted molar refractivity (Wildman–Crippen MR) is 142 cm³/mol. The van der Waals surface area contributed by atoms with Gasteiger partial charge < -0.3 is 15.0 Å². The third-order valence-electron chi connectivity index (χ3n) is 5.75. The van der Waals surface area contributed by atoms with Crippen LogP contribution in [0.15, 0.2) is 82.4 Å². The molecule has 39 heavy (non-hydrogen) atoms. The van der Waals surface area contributed by atoms with Gasteiger partial charge in [-0.25, -0.2) is 5.43 Å². The maximum absolute atomic E-state index is 12.8. The number of carbonyl (C=O) groups excluding carboxylic acids is 3. The number of hydrogen-bond acceptors (Lipinski definition) is 5. The van der Waals surface area contributed by atoms with Crippen molar-refractivity contribution in [1.29, 1.82) is 0 Å². The van der Waals surface area contributed by atoms with Crippen LogP contribution in [0.1, 0.15) is 17.5 Å². The van der Waals surface area contributed by atoms with E-state index in [1.807, 2.05) is 12.1 Å². The summed E-state index contributed by atoms with van der Waals surface area (Å²) in [5.41, 5.74) is 2.95. The smallest absolute Gasteiger partial charge is 0.416 e. The molecule has 8 nitrogen and oxygen atoms in total. The number of hydrogen-bond donors (Lipinski definition) is 2. The summed E-state index contributed by atoms with van der Waals surface area (Å²) in [6.45, 7) is -0.147. The average Bonchev–Trinajstić information content (AvgIpc) is 3.30. The summed E-state index contributed by atoms with van der Waals surface area (Å²) in [6.07, 6.45) is -3.00. The third-order valence-corrected chi connectivity index (χ3v) is 6.27. The molecule has 0 aliphatic carbocycles. The Kier molecular flexibility index (Phi) is 8.65. The van der Waals surface area contributed by atoms with Gasteiger partial charge in [0, 0.05) is 28.8 Å². The summed E-state index contributed by atoms with van der Waals surface area (Å²) in [5.74, 6) is -1.30. The molecule has 3 aromatic rings. The highest BCUT2D eigenvalue weighted by molar-refractivity contribution is 9.10. The van der Waals surface area contributed by atoms with Gasteiger partial charge in [-0.1, -0.05) is 22.0 Å². The van der Waals surface area contributed by atoms with Crippen LogP contribution >= 0.6 is 15.9 Å². The second kappa shape index (κ2) is 12.1. The molecule has 1 atom stereocenters. The number of halogens is 4. The van der Waals surface area contributed by atoms with Crippen LogP contribution in [0.3, 0.4) is 0 Å². The van der Waals surface area contributed by atoms with Crippen molar-refractivity contribution in [2.45, 2.75) is 12.6 Å². The van der Waals surface area contributed by atoms with Crippen molar-refractivity contribution in [3.05, 3.63) is 88.4 Å². The van der Waals surface area contributed by atoms with Crippen molar-refractivity contribution in [3.8, 4) is 5.75 Å². The highest BCUT2D eigenvalue weighted by Gasteiger charge is 2.35. The van der Waals surface area contributed by atoms with Crippen LogP contribution in [0.4, 0.5) is 24.5 Å². The number of nitrogens with zero attached hydrogens (tertiary/aromatic N) is 2. The molecule has 12 heteroatoms. The Hall–Kier alpha value is -4.19. The van der Waals surface area contributed by atoms with Crippen LogP contribution in [0.5, 0.6) is 5.75 Å². The van der Waals surface area contributed by atoms with Crippen molar-refractivity contribution >= 4 is 51.2 Å². The number of rotatable bonds is 8. The van der Waals surface area contributed by atoms with Gasteiger partial charge in [-0.15, -0.1) is 0 Å². The van der Waals surface area contributed by atoms with Gasteiger partial charge in [0.1, 0.15) is 5.75 Å². The van der Waals surface area contributed by atoms with E-state index >= 15 is 0 Å². The monoisotopic (exact) mass is 602 g/mol. The number of ether oxygens (including phenoxy) is 1. The first-order valence-electron chi connectivity index (χ1n) is 11.7. The maximum atomic E-state index is 12.8. The molecule has 0 bridgehead atoms. The zero-order valence-electron chi connectivity index (χ0n) is 20.2. The van der Waals surface area contributed by atoms with E-state index in [9.17, 15) is 27.6 Å². The molecule has 3 amide bonds. The van der Waals surface area contributed by atoms with Gasteiger partial charge in [0.2, 0.25) is 11.8 Å². The van der Waals surface area contributed by atoms with Crippen molar-refractivity contribution in [3.63, 3.8) is 0 Å². The molecule has 3 aromatic carbocycles. The van der Waals surface area contributed by atoms with Crippen LogP contribution in [-0.2, 0) is 20.6 Å². The Bertz CT molecular complexity index is 1380. The number of anilines is 2. The summed E-state index contributed by atoms with van der Waals surface area (Å²) >= 11 is 3.35. The van der Waals surface area contributed by atoms with Crippen LogP contribution in [0.2, 0.25) is 0 Å². The number of nitrogens with one attached hydrogen (secondary N) is 2. The lowest BCUT2D eigenvalue weighted by molar-refractivity contribution is -0.137. The lowest BCUT2D eigenvalue weighted by atomic mass is 10.1. The first-order chi connectivity index (χ1) is 18.6. The molecule has 0 aromatic heterocycles. The lowest BCUT2D eigenvalue weighted by Gasteiger charge is -2.16. The average molecular weight is 603 g/mol. The van der Waals surface area contributed by atoms with E-state index in [1.54, 1.807) is 41.3 Å². The highest BCUT2D eigenvalue weighted by Crippen LogP contribution is 2.30. The van der Waals surface area contributed by atoms with Gasteiger partial charge in [0.25, 0.3) is 5.91 Å². The van der Waals surface area contributed by atoms with Gasteiger partial charge in [-0.05, 0) is 72.3 Å². The second-order valence-corrected chi connectivity index (χ2v) is 9.52. The minimum atomic E-state index is -4.51. The molecular weight excluding hydrogens is 581 g/mol. The quantitative estimate of drug-likeness (QED) is 0.280. The Labute approximate surface area is 230 Å². The van der Waals surface area contributed by atoms with Crippen LogP contribution in [-0.4, -0.2) is 37.1 Å². The zero-order chi connectivity index (χ0) is 28.0. The van der Waals surface area contributed by atoms with Crippen molar-refractivity contribution in [2.75, 3.05) is 23.4 Å². The third kappa shape index (κ3) is 7.66. The summed E-state index contributed by atoms with van der Waals surface area (Å²) < 4.78 is 44.7. The van der Waals surface area contributed by atoms with Gasteiger partial charge >= 0.3 is 6.18 Å². The second-order valence-electron chi connectivity index (χ2n) is 8.60. The number of amides is 3. The molecule has 0 unspecified atom stereocenters. The standard InChI is InChI=1S/C27H22BrF3N4O4/c28-20-6-8-22(9-7-20)35-15-18(12-25(35)37)26(38)34-32-14-17-4-10-23(11-5-17)39-16-24(36)33-21-3-1-2-19(13-21)27(29,30)31/h1-11,13-14,18H,12,15-16H2,(H,33,36)(H,34,38)/b32-14-/t18-/m1/s1. The van der Waals surface area contributed by atoms with E-state index in [2.05, 4.69) is 31.8 Å². The highest BCUT2D eigenvalue weighted by atomic mass is 79.9. The normalized spacial score (nSPS) is 15.4. The lowest BCUT2D eigenvalue weighted by Crippen LogP contribution is -2.30. The SMILES string of the molecule is O=C(COc1ccc(/C=N\NC(=O)[C@@H]2CC(=O)N(c3ccc(Br)cc3)C2)cc1)Nc1cccc(C(F)(F)F)c1. The number of hydrazone groups is 1. The fourth-order valence-corrected chi connectivity index (χ4v) is 4.05. The molecule has 1 fully saturated rings. The molecule has 1 aliphatic rings. The van der Waals surface area contributed by atoms with Crippen LogP contribution < -0.4 is 20.4 Å². The Morgan fingerprint density at radius 3 is 2.49 bits per heavy atom. The Morgan fingerprint density at radius 1 is 1.08 bits per heavy atom. The molecule has 4 rings (SSSR count). The van der Waals surface area contributed by atoms with Crippen molar-refractivity contribution in [1.82, 2.24) is 5.43 Å². The maximum Gasteiger partial charge on any atom is 0.416 e. The first-order valence-corrected chi connectivity index (χ1v) is 12.5. The summed E-state index contributed by atoms with van der Waals surface area (Å²) in [6, 6.07) is 18.0. The fraction of sp³-hybridized carbons (Fsp3) is 0.185. The van der Waals surface area contributed by atoms with Crippen LogP contribution in [0, 0.1) is 5.92 Å². The summed E-state index contributed by atoms with van der Waals surface area (Å²) in [5, 5.41) is 6.31. The van der Waals surface area contributed by atoms with Crippen LogP contribution in [0.25, 0.3) is 0 Å². The summed E-state index contributed by atoms with van der Waals surface area (Å²) in [4.78, 5) is 38.5. The largest absolute Gasteiger partial charge is 0.484 e. The molecule has 1 aliphatic heterocycles. The molecule has 2 N–H and O–H groups in total. The Balaban J connectivity index is 1.22. The summed E-state index contributed by atoms with van der Waals surface area (Å²) in [7, 11) is 0. The molecule has 0 spiro atoms. The Morgan fingerprint density at radius 2 is 1.79 bits per heavy atom. The minimum Gasteiger partial charge on any atom is -0.484 e. The van der Waals surface area contributed by atoms with E-state index in [0.29, 0.717) is 11.3 Å². The minimum absolute atomic E-state index is 0.00928. The fourth-order valence-electron chi connectivity index (χ4n) is 3.78. The molecule has 0 saturated carbocycles. The van der Waals surface area contributed by atoms with Gasteiger partial charge in [-0.2, -0.15) is 18.3 Å². The topological polar surface area (TPSA) is 100 Å². The van der Waals surface area contributed by atoms with E-state index in [0.717, 1.165) is 22.3 Å². The van der Waals surface area contributed by atoms with Gasteiger partial charge in [-0.3, -0.25) is 14.4 Å². The van der Waals surface area contributed by atoms with E-state index < -0.39 is 30.2 Å². The van der Waals surface area contributed by atoms with Gasteiger partial charge in [0.05, 0.1) is 17.7 Å². The van der Waals surface area contributed by atoms with E-state index in [-0.39, 0.29) is 30.5 Å². The predicted octanol–water partition coefficient (Wildman–Crippen LogP) is 4.99. The molecule has 1 heterocycles. The molecular formula is C27H22BrF3N4O4. The van der Waals surface area contributed by atoms with Crippen molar-refractivity contribution < 1.29 is 32.3 Å². The molecule has 202 valence electrons. The molecule has 1 saturated heterocycles. The zero-order valence-corrected chi connectivity index (χ0v) is 21.8. The first kappa shape index (κ1) is 27.8. The van der Waals surface area contributed by atoms with Crippen molar-refractivity contribution in [2.24, 2.45) is 11.0 Å². The number of carbonyl (C=O) groups is 3. The van der Waals surface area contributed by atoms with E-state index in [4.69, 9.17) is 4.74 Å². The molecule has 0 radical (unpaired) electrons. The number of benzene rings is 3. The van der Waals surface area contributed by atoms with Gasteiger partial charge in [0.15, 0.2) is 6.61 Å². The van der Waals surface area contributed by atoms with E-state index in [1.165, 1.54) is 18.3 Å². The number of alkyl halides is 3.